The van der Waals surface area contributed by atoms with Crippen LogP contribution in [0, 0.1) is 5.92 Å². The van der Waals surface area contributed by atoms with Gasteiger partial charge >= 0.3 is 0 Å². The van der Waals surface area contributed by atoms with Crippen molar-refractivity contribution in [1.82, 2.24) is 0 Å². The molecule has 23 heavy (non-hydrogen) atoms. The van der Waals surface area contributed by atoms with Crippen LogP contribution in [0.25, 0.3) is 0 Å². The van der Waals surface area contributed by atoms with Gasteiger partial charge in [-0.25, -0.2) is 0 Å². The van der Waals surface area contributed by atoms with Crippen LogP contribution in [0.5, 0.6) is 5.75 Å². The normalized spacial score (nSPS) is 15.2. The molecule has 1 fully saturated rings. The molecule has 128 valence electrons. The molecule has 0 unspecified atom stereocenters. The minimum Gasteiger partial charge on any atom is -0.487 e. The Kier molecular flexibility index (Phi) is 7.36. The van der Waals surface area contributed by atoms with Crippen LogP contribution in [0.4, 0.5) is 0 Å². The molecule has 0 radical (unpaired) electrons. The Labute approximate surface area is 138 Å². The highest BCUT2D eigenvalue weighted by atomic mass is 16.5. The zero-order chi connectivity index (χ0) is 16.5. The van der Waals surface area contributed by atoms with Crippen molar-refractivity contribution in [1.29, 1.82) is 0 Å². The predicted molar refractivity (Wildman–Crippen MR) is 90.3 cm³/mol. The van der Waals surface area contributed by atoms with Crippen molar-refractivity contribution in [3.8, 4) is 5.75 Å². The molecule has 0 spiro atoms. The Morgan fingerprint density at radius 1 is 1.30 bits per heavy atom. The molecule has 1 aromatic rings. The first kappa shape index (κ1) is 17.8. The monoisotopic (exact) mass is 321 g/mol. The van der Waals surface area contributed by atoms with Gasteiger partial charge in [0.1, 0.15) is 24.6 Å². The molecule has 1 aromatic carbocycles. The second-order valence-electron chi connectivity index (χ2n) is 6.55. The van der Waals surface area contributed by atoms with Crippen molar-refractivity contribution >= 4 is 5.71 Å². The molecule has 0 saturated heterocycles. The van der Waals surface area contributed by atoms with Crippen LogP contribution in [0.15, 0.2) is 29.4 Å². The number of benzene rings is 1. The van der Waals surface area contributed by atoms with Gasteiger partial charge in [0, 0.05) is 6.61 Å². The Morgan fingerprint density at radius 2 is 2.04 bits per heavy atom. The molecular formula is C18H29N2O3+. The van der Waals surface area contributed by atoms with Gasteiger partial charge in [-0.05, 0) is 56.7 Å². The minimum absolute atomic E-state index is 0.309. The largest absolute Gasteiger partial charge is 0.487 e. The van der Waals surface area contributed by atoms with Crippen LogP contribution in [0.3, 0.4) is 0 Å². The van der Waals surface area contributed by atoms with E-state index in [1.165, 1.54) is 18.4 Å². The summed E-state index contributed by atoms with van der Waals surface area (Å²) in [7, 11) is 0. The molecule has 1 aliphatic rings. The highest BCUT2D eigenvalue weighted by Crippen LogP contribution is 2.28. The minimum atomic E-state index is 0.309. The summed E-state index contributed by atoms with van der Waals surface area (Å²) in [5.41, 5.74) is 1.88. The third-order valence-electron chi connectivity index (χ3n) is 3.88. The van der Waals surface area contributed by atoms with Gasteiger partial charge in [-0.2, -0.15) is 0 Å². The third-order valence-corrected chi connectivity index (χ3v) is 3.88. The maximum Gasteiger partial charge on any atom is 0.148 e. The first-order valence-electron chi connectivity index (χ1n) is 8.50. The topological polar surface area (TPSA) is 67.7 Å². The fourth-order valence-electron chi connectivity index (χ4n) is 2.14. The number of nitrogens with two attached hydrogens (primary N) is 1. The zero-order valence-electron chi connectivity index (χ0n) is 14.2. The van der Waals surface area contributed by atoms with Crippen LogP contribution < -0.4 is 10.1 Å². The van der Waals surface area contributed by atoms with Gasteiger partial charge in [-0.1, -0.05) is 17.3 Å². The number of nitrogens with zero attached hydrogens (tertiary/aromatic N) is 1. The van der Waals surface area contributed by atoms with Crippen LogP contribution in [0.2, 0.25) is 0 Å². The lowest BCUT2D eigenvalue weighted by Crippen LogP contribution is -2.90. The van der Waals surface area contributed by atoms with E-state index < -0.39 is 0 Å². The van der Waals surface area contributed by atoms with E-state index in [-0.39, 0.29) is 0 Å². The Morgan fingerprint density at radius 3 is 2.65 bits per heavy atom. The van der Waals surface area contributed by atoms with Crippen molar-refractivity contribution in [2.45, 2.75) is 39.2 Å². The highest BCUT2D eigenvalue weighted by Gasteiger charge is 2.20. The van der Waals surface area contributed by atoms with E-state index in [0.29, 0.717) is 24.9 Å². The standard InChI is InChI=1S/C18H28N2O3/c1-14(2)19-11-17(20-21)13-23-18-7-5-15(6-8-18)9-10-22-12-16-3-4-16/h5-8,14,16,19,21H,3-4,9-13H2,1-2H3/p+1/b20-17+. The molecule has 0 amide bonds. The van der Waals surface area contributed by atoms with E-state index >= 15 is 0 Å². The van der Waals surface area contributed by atoms with Crippen molar-refractivity contribution in [3.63, 3.8) is 0 Å². The molecule has 0 bridgehead atoms. The van der Waals surface area contributed by atoms with E-state index in [0.717, 1.165) is 31.3 Å². The summed E-state index contributed by atoms with van der Waals surface area (Å²) in [5.74, 6) is 1.61. The number of oxime groups is 1. The lowest BCUT2D eigenvalue weighted by Gasteiger charge is -2.09. The average molecular weight is 321 g/mol. The third kappa shape index (κ3) is 7.48. The number of hydrogen-bond acceptors (Lipinski definition) is 4. The second-order valence-corrected chi connectivity index (χ2v) is 6.55. The summed E-state index contributed by atoms with van der Waals surface area (Å²) < 4.78 is 11.3. The molecule has 0 aliphatic heterocycles. The van der Waals surface area contributed by atoms with Gasteiger partial charge in [0.2, 0.25) is 0 Å². The van der Waals surface area contributed by atoms with Crippen LogP contribution in [-0.2, 0) is 11.2 Å². The molecule has 1 saturated carbocycles. The summed E-state index contributed by atoms with van der Waals surface area (Å²) in [6.07, 6.45) is 3.60. The highest BCUT2D eigenvalue weighted by molar-refractivity contribution is 5.86. The molecule has 2 rings (SSSR count). The Bertz CT molecular complexity index is 482. The first-order valence-corrected chi connectivity index (χ1v) is 8.50. The van der Waals surface area contributed by atoms with E-state index in [9.17, 15) is 0 Å². The molecule has 3 N–H and O–H groups in total. The summed E-state index contributed by atoms with van der Waals surface area (Å²) in [4.78, 5) is 0. The average Bonchev–Trinajstić information content (AvgIpc) is 3.37. The summed E-state index contributed by atoms with van der Waals surface area (Å²) in [5, 5.41) is 14.4. The van der Waals surface area contributed by atoms with E-state index in [4.69, 9.17) is 14.7 Å². The summed E-state index contributed by atoms with van der Waals surface area (Å²) in [6.45, 7) is 6.85. The fraction of sp³-hybridized carbons (Fsp3) is 0.611. The maximum atomic E-state index is 9.00. The Balaban J connectivity index is 1.66. The lowest BCUT2D eigenvalue weighted by atomic mass is 10.1. The molecule has 5 heteroatoms. The van der Waals surface area contributed by atoms with Crippen molar-refractivity contribution < 1.29 is 20.0 Å². The van der Waals surface area contributed by atoms with E-state index in [1.807, 2.05) is 12.1 Å². The number of ether oxygens (including phenoxy) is 2. The molecule has 5 nitrogen and oxygen atoms in total. The van der Waals surface area contributed by atoms with Crippen molar-refractivity contribution in [2.24, 2.45) is 11.1 Å². The van der Waals surface area contributed by atoms with Crippen molar-refractivity contribution in [2.75, 3.05) is 26.4 Å². The molecular weight excluding hydrogens is 292 g/mol. The molecule has 1 aliphatic carbocycles. The van der Waals surface area contributed by atoms with Gasteiger partial charge < -0.3 is 20.0 Å². The first-order chi connectivity index (χ1) is 11.2. The number of hydrogen-bond donors (Lipinski definition) is 2. The molecule has 0 aromatic heterocycles. The van der Waals surface area contributed by atoms with Crippen LogP contribution >= 0.6 is 0 Å². The number of rotatable bonds is 11. The van der Waals surface area contributed by atoms with E-state index in [2.05, 4.69) is 36.5 Å². The fourth-order valence-corrected chi connectivity index (χ4v) is 2.14. The number of quaternary nitrogens is 1. The van der Waals surface area contributed by atoms with Gasteiger partial charge in [0.05, 0.1) is 12.6 Å². The van der Waals surface area contributed by atoms with Crippen LogP contribution in [0.1, 0.15) is 32.3 Å². The predicted octanol–water partition coefficient (Wildman–Crippen LogP) is 1.84. The maximum absolute atomic E-state index is 9.00. The molecule has 0 atom stereocenters. The van der Waals surface area contributed by atoms with Gasteiger partial charge in [0.15, 0.2) is 0 Å². The van der Waals surface area contributed by atoms with Gasteiger partial charge in [-0.15, -0.1) is 0 Å². The Hall–Kier alpha value is -1.59. The zero-order valence-corrected chi connectivity index (χ0v) is 14.2. The van der Waals surface area contributed by atoms with Gasteiger partial charge in [-0.3, -0.25) is 0 Å². The van der Waals surface area contributed by atoms with Crippen molar-refractivity contribution in [3.05, 3.63) is 29.8 Å². The molecule has 0 heterocycles. The lowest BCUT2D eigenvalue weighted by molar-refractivity contribution is -0.670. The van der Waals surface area contributed by atoms with E-state index in [1.54, 1.807) is 0 Å². The second kappa shape index (κ2) is 9.53. The van der Waals surface area contributed by atoms with Crippen LogP contribution in [-0.4, -0.2) is 43.3 Å². The quantitative estimate of drug-likeness (QED) is 0.283. The van der Waals surface area contributed by atoms with Gasteiger partial charge in [0.25, 0.3) is 0 Å². The SMILES string of the molecule is CC(C)[NH2+]C/C(COc1ccc(CCOCC2CC2)cc1)=N\O. The summed E-state index contributed by atoms with van der Waals surface area (Å²) >= 11 is 0. The smallest absolute Gasteiger partial charge is 0.148 e. The summed E-state index contributed by atoms with van der Waals surface area (Å²) in [6, 6.07) is 8.50.